The van der Waals surface area contributed by atoms with E-state index in [0.29, 0.717) is 22.3 Å². The molecule has 29 heavy (non-hydrogen) atoms. The van der Waals surface area contributed by atoms with E-state index in [1.54, 1.807) is 12.1 Å². The number of alkyl halides is 6. The molecule has 2 heterocycles. The highest BCUT2D eigenvalue weighted by molar-refractivity contribution is 7.99. The van der Waals surface area contributed by atoms with Crippen molar-refractivity contribution in [2.24, 2.45) is 0 Å². The van der Waals surface area contributed by atoms with Crippen LogP contribution in [0.4, 0.5) is 32.0 Å². The Labute approximate surface area is 171 Å². The van der Waals surface area contributed by atoms with Crippen molar-refractivity contribution in [3.63, 3.8) is 0 Å². The van der Waals surface area contributed by atoms with Gasteiger partial charge in [0.1, 0.15) is 10.9 Å². The summed E-state index contributed by atoms with van der Waals surface area (Å²) in [6, 6.07) is 3.15. The molecule has 0 aliphatic rings. The molecule has 0 aromatic carbocycles. The molecule has 0 saturated heterocycles. The Morgan fingerprint density at radius 1 is 1.31 bits per heavy atom. The number of hydrogen-bond acceptors (Lipinski definition) is 4. The fraction of sp³-hybridized carbons (Fsp3) is 0.438. The number of thioether (sulfide) groups is 1. The molecule has 0 N–H and O–H groups in total. The molecule has 0 radical (unpaired) electrons. The van der Waals surface area contributed by atoms with Gasteiger partial charge in [-0.1, -0.05) is 11.6 Å². The van der Waals surface area contributed by atoms with Crippen LogP contribution in [0.1, 0.15) is 12.8 Å². The molecule has 0 saturated carbocycles. The Morgan fingerprint density at radius 3 is 2.52 bits per heavy atom. The zero-order valence-electron chi connectivity index (χ0n) is 14.8. The molecule has 0 aliphatic heterocycles. The van der Waals surface area contributed by atoms with Gasteiger partial charge in [0, 0.05) is 19.2 Å². The summed E-state index contributed by atoms with van der Waals surface area (Å²) in [4.78, 5) is 17.0. The van der Waals surface area contributed by atoms with Gasteiger partial charge >= 0.3 is 12.4 Å². The van der Waals surface area contributed by atoms with E-state index in [1.807, 2.05) is 0 Å². The highest BCUT2D eigenvalue weighted by Gasteiger charge is 2.42. The van der Waals surface area contributed by atoms with Crippen molar-refractivity contribution in [2.45, 2.75) is 30.4 Å². The predicted molar refractivity (Wildman–Crippen MR) is 97.4 cm³/mol. The number of aromatic nitrogens is 3. The first-order valence-electron chi connectivity index (χ1n) is 8.04. The lowest BCUT2D eigenvalue weighted by Gasteiger charge is -2.25. The van der Waals surface area contributed by atoms with Crippen molar-refractivity contribution in [1.29, 1.82) is 0 Å². The Kier molecular flexibility index (Phi) is 7.44. The summed E-state index contributed by atoms with van der Waals surface area (Å²) in [6.45, 7) is -0.889. The molecule has 1 unspecified atom stereocenters. The number of pyridine rings is 1. The van der Waals surface area contributed by atoms with Gasteiger partial charge < -0.3 is 4.90 Å². The van der Waals surface area contributed by atoms with Crippen LogP contribution in [0.25, 0.3) is 5.69 Å². The van der Waals surface area contributed by atoms with Gasteiger partial charge in [0.2, 0.25) is 5.91 Å². The Bertz CT molecular complexity index is 827. The van der Waals surface area contributed by atoms with Crippen molar-refractivity contribution in [3.8, 4) is 5.69 Å². The maximum Gasteiger partial charge on any atom is 0.401 e. The molecular weight excluding hydrogens is 446 g/mol. The summed E-state index contributed by atoms with van der Waals surface area (Å²) >= 11 is 6.38. The molecule has 0 fully saturated rings. The standard InChI is InChI=1S/C16H15ClF6N4OS/c1-29-12(16(21,22)23)7-13(28)26(6-4-15(18,19)20)11-9-27(25-14(11)17)10-3-2-5-24-8-10/h2-3,5,8-9,12H,4,6-7H2,1H3. The lowest BCUT2D eigenvalue weighted by Crippen LogP contribution is -2.38. The maximum absolute atomic E-state index is 13.0. The Hall–Kier alpha value is -1.95. The first-order chi connectivity index (χ1) is 13.4. The van der Waals surface area contributed by atoms with Crippen molar-refractivity contribution in [1.82, 2.24) is 14.8 Å². The SMILES string of the molecule is CSC(CC(=O)N(CCC(F)(F)F)c1cn(-c2cccnc2)nc1Cl)C(F)(F)F. The number of anilines is 1. The third-order valence-electron chi connectivity index (χ3n) is 3.78. The molecule has 1 atom stereocenters. The fourth-order valence-corrected chi connectivity index (χ4v) is 3.17. The lowest BCUT2D eigenvalue weighted by atomic mass is 10.2. The summed E-state index contributed by atoms with van der Waals surface area (Å²) in [5, 5.41) is 1.53. The minimum atomic E-state index is -4.69. The van der Waals surface area contributed by atoms with Gasteiger partial charge in [0.05, 0.1) is 24.5 Å². The molecule has 5 nitrogen and oxygen atoms in total. The van der Waals surface area contributed by atoms with E-state index in [4.69, 9.17) is 11.6 Å². The first-order valence-corrected chi connectivity index (χ1v) is 9.71. The van der Waals surface area contributed by atoms with Crippen LogP contribution in [0.5, 0.6) is 0 Å². The van der Waals surface area contributed by atoms with Gasteiger partial charge in [-0.25, -0.2) is 4.68 Å². The number of hydrogen-bond donors (Lipinski definition) is 0. The summed E-state index contributed by atoms with van der Waals surface area (Å²) in [5.74, 6) is -1.14. The Morgan fingerprint density at radius 2 is 2.00 bits per heavy atom. The molecule has 0 spiro atoms. The van der Waals surface area contributed by atoms with Crippen LogP contribution in [0, 0.1) is 0 Å². The van der Waals surface area contributed by atoms with E-state index in [-0.39, 0.29) is 10.8 Å². The topological polar surface area (TPSA) is 51.0 Å². The van der Waals surface area contributed by atoms with Crippen molar-refractivity contribution in [3.05, 3.63) is 35.9 Å². The van der Waals surface area contributed by atoms with Gasteiger partial charge in [-0.2, -0.15) is 43.2 Å². The number of rotatable bonds is 7. The highest BCUT2D eigenvalue weighted by atomic mass is 35.5. The number of carbonyl (C=O) groups is 1. The van der Waals surface area contributed by atoms with Crippen molar-refractivity contribution >= 4 is 35.0 Å². The van der Waals surface area contributed by atoms with E-state index in [2.05, 4.69) is 10.1 Å². The minimum Gasteiger partial charge on any atom is -0.308 e. The Balaban J connectivity index is 2.35. The van der Waals surface area contributed by atoms with E-state index in [0.717, 1.165) is 0 Å². The largest absolute Gasteiger partial charge is 0.401 e. The van der Waals surface area contributed by atoms with Crippen LogP contribution in [0.3, 0.4) is 0 Å². The van der Waals surface area contributed by atoms with E-state index >= 15 is 0 Å². The average molecular weight is 461 g/mol. The third-order valence-corrected chi connectivity index (χ3v) is 5.05. The average Bonchev–Trinajstić information content (AvgIpc) is 3.00. The van der Waals surface area contributed by atoms with Gasteiger partial charge in [0.25, 0.3) is 0 Å². The van der Waals surface area contributed by atoms with Gasteiger partial charge in [0.15, 0.2) is 5.15 Å². The predicted octanol–water partition coefficient (Wildman–Crippen LogP) is 4.89. The molecule has 2 rings (SSSR count). The number of amides is 1. The van der Waals surface area contributed by atoms with E-state index in [9.17, 15) is 31.1 Å². The quantitative estimate of drug-likeness (QED) is 0.552. The zero-order valence-corrected chi connectivity index (χ0v) is 16.4. The lowest BCUT2D eigenvalue weighted by molar-refractivity contribution is -0.140. The van der Waals surface area contributed by atoms with Crippen LogP contribution in [-0.2, 0) is 4.79 Å². The van der Waals surface area contributed by atoms with Crippen LogP contribution in [-0.4, -0.2) is 51.1 Å². The van der Waals surface area contributed by atoms with Gasteiger partial charge in [-0.3, -0.25) is 9.78 Å². The third kappa shape index (κ3) is 6.53. The minimum absolute atomic E-state index is 0.216. The molecule has 1 amide bonds. The van der Waals surface area contributed by atoms with Crippen molar-refractivity contribution in [2.75, 3.05) is 17.7 Å². The molecular formula is C16H15ClF6N4OS. The maximum atomic E-state index is 13.0. The molecule has 0 bridgehead atoms. The smallest absolute Gasteiger partial charge is 0.308 e. The van der Waals surface area contributed by atoms with Crippen molar-refractivity contribution < 1.29 is 31.1 Å². The van der Waals surface area contributed by atoms with Crippen LogP contribution in [0.2, 0.25) is 5.15 Å². The van der Waals surface area contributed by atoms with Crippen LogP contribution >= 0.6 is 23.4 Å². The summed E-state index contributed by atoms with van der Waals surface area (Å²) < 4.78 is 78.3. The summed E-state index contributed by atoms with van der Waals surface area (Å²) in [7, 11) is 0. The van der Waals surface area contributed by atoms with E-state index in [1.165, 1.54) is 29.5 Å². The molecule has 0 aliphatic carbocycles. The monoisotopic (exact) mass is 460 g/mol. The number of carbonyl (C=O) groups excluding carboxylic acids is 1. The fourth-order valence-electron chi connectivity index (χ4n) is 2.37. The first kappa shape index (κ1) is 23.3. The number of nitrogens with zero attached hydrogens (tertiary/aromatic N) is 4. The zero-order chi connectivity index (χ0) is 21.8. The highest BCUT2D eigenvalue weighted by Crippen LogP contribution is 2.34. The van der Waals surface area contributed by atoms with Gasteiger partial charge in [-0.05, 0) is 18.4 Å². The molecule has 13 heteroatoms. The second-order valence-electron chi connectivity index (χ2n) is 5.84. The molecule has 160 valence electrons. The number of halogens is 7. The summed E-state index contributed by atoms with van der Waals surface area (Å²) in [5.41, 5.74) is 0.188. The summed E-state index contributed by atoms with van der Waals surface area (Å²) in [6.07, 6.45) is -6.53. The second kappa shape index (κ2) is 9.24. The molecule has 2 aromatic rings. The van der Waals surface area contributed by atoms with Crippen LogP contribution in [0.15, 0.2) is 30.7 Å². The molecule has 2 aromatic heterocycles. The van der Waals surface area contributed by atoms with Gasteiger partial charge in [-0.15, -0.1) is 0 Å². The van der Waals surface area contributed by atoms with E-state index < -0.39 is 42.9 Å². The normalized spacial score (nSPS) is 13.4. The van der Waals surface area contributed by atoms with Crippen LogP contribution < -0.4 is 4.90 Å². The second-order valence-corrected chi connectivity index (χ2v) is 7.24.